The first-order valence-corrected chi connectivity index (χ1v) is 8.70. The van der Waals surface area contributed by atoms with Gasteiger partial charge in [-0.2, -0.15) is 0 Å². The summed E-state index contributed by atoms with van der Waals surface area (Å²) in [6.07, 6.45) is 3.73. The van der Waals surface area contributed by atoms with Crippen LogP contribution in [0, 0.1) is 0 Å². The van der Waals surface area contributed by atoms with E-state index in [1.807, 2.05) is 19.1 Å². The van der Waals surface area contributed by atoms with Crippen LogP contribution in [-0.4, -0.2) is 39.7 Å². The Bertz CT molecular complexity index is 830. The molecule has 0 saturated carbocycles. The maximum atomic E-state index is 11.3. The molecule has 1 fully saturated rings. The van der Waals surface area contributed by atoms with Gasteiger partial charge in [0, 0.05) is 35.5 Å². The highest BCUT2D eigenvalue weighted by Crippen LogP contribution is 2.33. The number of aromatic nitrogens is 2. The molecule has 6 heteroatoms. The lowest BCUT2D eigenvalue weighted by Crippen LogP contribution is -2.30. The molecule has 130 valence electrons. The van der Waals surface area contributed by atoms with Gasteiger partial charge in [0.15, 0.2) is 0 Å². The first-order chi connectivity index (χ1) is 11.9. The first kappa shape index (κ1) is 16.0. The topological polar surface area (TPSA) is 92.3 Å². The zero-order chi connectivity index (χ0) is 17.6. The van der Waals surface area contributed by atoms with E-state index in [1.165, 1.54) is 5.56 Å². The molecule has 25 heavy (non-hydrogen) atoms. The summed E-state index contributed by atoms with van der Waals surface area (Å²) in [6.45, 7) is 3.15. The Morgan fingerprint density at radius 2 is 2.00 bits per heavy atom. The molecule has 0 spiro atoms. The average molecular weight is 338 g/mol. The molecule has 1 aliphatic carbocycles. The van der Waals surface area contributed by atoms with Crippen molar-refractivity contribution in [3.8, 4) is 11.3 Å². The van der Waals surface area contributed by atoms with E-state index in [0.717, 1.165) is 49.2 Å². The molecule has 0 bridgehead atoms. The van der Waals surface area contributed by atoms with Crippen LogP contribution in [0.25, 0.3) is 11.3 Å². The number of rotatable bonds is 3. The van der Waals surface area contributed by atoms with Crippen LogP contribution in [-0.2, 0) is 12.8 Å². The van der Waals surface area contributed by atoms with Crippen molar-refractivity contribution in [2.24, 2.45) is 5.73 Å². The Morgan fingerprint density at radius 1 is 1.24 bits per heavy atom. The number of nitrogens with zero attached hydrogens (tertiary/aromatic N) is 3. The fourth-order valence-corrected chi connectivity index (χ4v) is 3.71. The van der Waals surface area contributed by atoms with Gasteiger partial charge in [0.05, 0.1) is 11.3 Å². The predicted molar refractivity (Wildman–Crippen MR) is 95.5 cm³/mol. The highest BCUT2D eigenvalue weighted by atomic mass is 16.3. The van der Waals surface area contributed by atoms with Crippen molar-refractivity contribution in [2.75, 3.05) is 18.0 Å². The summed E-state index contributed by atoms with van der Waals surface area (Å²) >= 11 is 0. The van der Waals surface area contributed by atoms with Gasteiger partial charge < -0.3 is 15.7 Å². The molecule has 1 saturated heterocycles. The lowest BCUT2D eigenvalue weighted by atomic mass is 10.0. The summed E-state index contributed by atoms with van der Waals surface area (Å²) in [5, 5.41) is 10.2. The van der Waals surface area contributed by atoms with Gasteiger partial charge in [0.1, 0.15) is 0 Å². The zero-order valence-electron chi connectivity index (χ0n) is 14.3. The fourth-order valence-electron chi connectivity index (χ4n) is 3.71. The fraction of sp³-hybridized carbons (Fsp3) is 0.421. The summed E-state index contributed by atoms with van der Waals surface area (Å²) in [5.74, 6) is 0.256. The van der Waals surface area contributed by atoms with Crippen LogP contribution in [0.15, 0.2) is 24.3 Å². The van der Waals surface area contributed by atoms with Crippen LogP contribution in [0.5, 0.6) is 0 Å². The summed E-state index contributed by atoms with van der Waals surface area (Å²) in [6, 6.07) is 7.26. The summed E-state index contributed by atoms with van der Waals surface area (Å²) in [4.78, 5) is 22.9. The van der Waals surface area contributed by atoms with Crippen molar-refractivity contribution in [1.29, 1.82) is 0 Å². The van der Waals surface area contributed by atoms with E-state index in [-0.39, 0.29) is 0 Å². The number of anilines is 1. The van der Waals surface area contributed by atoms with Crippen LogP contribution < -0.4 is 10.6 Å². The second-order valence-electron chi connectivity index (χ2n) is 7.26. The molecule has 2 heterocycles. The number of amides is 1. The Kier molecular flexibility index (Phi) is 3.72. The number of fused-ring (bicyclic) bond motifs is 1. The summed E-state index contributed by atoms with van der Waals surface area (Å²) in [7, 11) is 0. The maximum absolute atomic E-state index is 11.3. The van der Waals surface area contributed by atoms with Gasteiger partial charge in [-0.15, -0.1) is 0 Å². The Labute approximate surface area is 146 Å². The third-order valence-corrected chi connectivity index (χ3v) is 5.10. The molecule has 0 radical (unpaired) electrons. The third-order valence-electron chi connectivity index (χ3n) is 5.10. The van der Waals surface area contributed by atoms with Crippen molar-refractivity contribution in [3.05, 3.63) is 41.1 Å². The van der Waals surface area contributed by atoms with Crippen molar-refractivity contribution in [1.82, 2.24) is 9.97 Å². The van der Waals surface area contributed by atoms with Crippen LogP contribution in [0.3, 0.4) is 0 Å². The minimum Gasteiger partial charge on any atom is -0.388 e. The Morgan fingerprint density at radius 3 is 2.64 bits per heavy atom. The molecule has 1 aromatic carbocycles. The summed E-state index contributed by atoms with van der Waals surface area (Å²) in [5.41, 5.74) is 9.33. The van der Waals surface area contributed by atoms with Crippen molar-refractivity contribution in [2.45, 2.75) is 38.2 Å². The normalized spacial score (nSPS) is 22.2. The quantitative estimate of drug-likeness (QED) is 0.888. The van der Waals surface area contributed by atoms with Crippen LogP contribution in [0.1, 0.15) is 41.4 Å². The van der Waals surface area contributed by atoms with E-state index in [0.29, 0.717) is 18.1 Å². The minimum absolute atomic E-state index is 0.431. The number of hydrogen-bond acceptors (Lipinski definition) is 5. The van der Waals surface area contributed by atoms with E-state index < -0.39 is 11.5 Å². The Balaban J connectivity index is 1.75. The lowest BCUT2D eigenvalue weighted by molar-refractivity contribution is 0.0838. The first-order valence-electron chi connectivity index (χ1n) is 8.70. The van der Waals surface area contributed by atoms with E-state index in [4.69, 9.17) is 15.7 Å². The third kappa shape index (κ3) is 2.98. The number of carbonyl (C=O) groups is 1. The molecule has 2 aromatic rings. The minimum atomic E-state index is -0.689. The van der Waals surface area contributed by atoms with Gasteiger partial charge in [0.2, 0.25) is 11.9 Å². The van der Waals surface area contributed by atoms with Crippen LogP contribution >= 0.6 is 0 Å². The van der Waals surface area contributed by atoms with Gasteiger partial charge in [-0.1, -0.05) is 12.1 Å². The number of primary amides is 1. The second-order valence-corrected chi connectivity index (χ2v) is 7.26. The Hall–Kier alpha value is -2.47. The molecule has 1 aromatic heterocycles. The monoisotopic (exact) mass is 338 g/mol. The van der Waals surface area contributed by atoms with E-state index in [9.17, 15) is 9.90 Å². The highest BCUT2D eigenvalue weighted by Gasteiger charge is 2.33. The van der Waals surface area contributed by atoms with Crippen LogP contribution in [0.4, 0.5) is 5.95 Å². The van der Waals surface area contributed by atoms with Crippen molar-refractivity contribution in [3.63, 3.8) is 0 Å². The predicted octanol–water partition coefficient (Wildman–Crippen LogP) is 1.69. The number of carbonyl (C=O) groups excluding carboxylic acids is 1. The molecular weight excluding hydrogens is 316 g/mol. The second kappa shape index (κ2) is 5.81. The SMILES string of the molecule is C[C@]1(O)CCN(c2nc3c(c(-c4ccc(C(N)=O)cc4)n2)CCC3)C1. The van der Waals surface area contributed by atoms with E-state index in [1.54, 1.807) is 12.1 Å². The zero-order valence-corrected chi connectivity index (χ0v) is 14.3. The molecule has 6 nitrogen and oxygen atoms in total. The number of nitrogens with two attached hydrogens (primary N) is 1. The number of benzene rings is 1. The van der Waals surface area contributed by atoms with Gasteiger partial charge in [-0.25, -0.2) is 9.97 Å². The lowest BCUT2D eigenvalue weighted by Gasteiger charge is -2.20. The molecule has 1 atom stereocenters. The molecule has 2 aliphatic rings. The van der Waals surface area contributed by atoms with Crippen molar-refractivity contribution < 1.29 is 9.90 Å². The number of hydrogen-bond donors (Lipinski definition) is 2. The number of aryl methyl sites for hydroxylation is 1. The maximum Gasteiger partial charge on any atom is 0.248 e. The smallest absolute Gasteiger partial charge is 0.248 e. The molecule has 1 amide bonds. The van der Waals surface area contributed by atoms with Crippen LogP contribution in [0.2, 0.25) is 0 Å². The summed E-state index contributed by atoms with van der Waals surface area (Å²) < 4.78 is 0. The highest BCUT2D eigenvalue weighted by molar-refractivity contribution is 5.93. The average Bonchev–Trinajstić information content (AvgIpc) is 3.19. The molecule has 1 aliphatic heterocycles. The molecule has 4 rings (SSSR count). The van der Waals surface area contributed by atoms with Crippen molar-refractivity contribution >= 4 is 11.9 Å². The molecule has 0 unspecified atom stereocenters. The van der Waals surface area contributed by atoms with E-state index in [2.05, 4.69) is 4.90 Å². The molecular formula is C19H22N4O2. The standard InChI is InChI=1S/C19H22N4O2/c1-19(25)9-10-23(11-19)18-21-15-4-2-3-14(15)16(22-18)12-5-7-13(8-6-12)17(20)24/h5-8,25H,2-4,9-11H2,1H3,(H2,20,24)/t19-/m0/s1. The number of β-amino-alcohol motifs (C(OH)–C–C–N with tert-alkyl or cyclic N) is 1. The largest absolute Gasteiger partial charge is 0.388 e. The van der Waals surface area contributed by atoms with E-state index >= 15 is 0 Å². The van der Waals surface area contributed by atoms with Gasteiger partial charge in [-0.3, -0.25) is 4.79 Å². The molecule has 3 N–H and O–H groups in total. The van der Waals surface area contributed by atoms with Gasteiger partial charge in [-0.05, 0) is 44.7 Å². The van der Waals surface area contributed by atoms with Gasteiger partial charge >= 0.3 is 0 Å². The van der Waals surface area contributed by atoms with Gasteiger partial charge in [0.25, 0.3) is 0 Å². The number of aliphatic hydroxyl groups is 1.